The molecule has 3 aliphatic carbocycles. The molecule has 3 aromatic rings. The summed E-state index contributed by atoms with van der Waals surface area (Å²) in [6, 6.07) is 7.24. The number of anilines is 1. The molecule has 3 saturated carbocycles. The number of carboxylic acid groups (broad SMARTS) is 1. The van der Waals surface area contributed by atoms with Crippen LogP contribution in [0.1, 0.15) is 80.1 Å². The van der Waals surface area contributed by atoms with Crippen molar-refractivity contribution in [2.24, 2.45) is 23.2 Å². The molecule has 3 amide bonds. The molecule has 1 aromatic carbocycles. The first kappa shape index (κ1) is 42.0. The molecule has 0 bridgehead atoms. The summed E-state index contributed by atoms with van der Waals surface area (Å²) in [4.78, 5) is 63.1. The minimum absolute atomic E-state index is 0.00139. The number of carboxylic acids is 1. The van der Waals surface area contributed by atoms with Gasteiger partial charge in [0.05, 0.1) is 12.1 Å². The van der Waals surface area contributed by atoms with Gasteiger partial charge in [-0.25, -0.2) is 19.3 Å². The van der Waals surface area contributed by atoms with Crippen molar-refractivity contribution in [1.82, 2.24) is 35.2 Å². The molecule has 16 nitrogen and oxygen atoms in total. The average molecular weight is 817 g/mol. The highest BCUT2D eigenvalue weighted by Gasteiger charge is 2.61. The molecule has 7 rings (SSSR count). The third kappa shape index (κ3) is 9.37. The maximum atomic E-state index is 14.7. The first-order valence-electron chi connectivity index (χ1n) is 21.0. The van der Waals surface area contributed by atoms with Crippen LogP contribution >= 0.6 is 0 Å². The number of amides is 3. The SMILES string of the molecule is CCC1C[C@]1(NC(=O)C1C[C@H](Oc2cc(-n3ccc(NC(C)C)n3)nc3cc(OCCN(C)C)ccc23)CN1C(=O)[C@@H](NC(=O)OC1CC2CC2C1)C(C)(C)C)C(=O)O. The smallest absolute Gasteiger partial charge is 0.408 e. The topological polar surface area (TPSA) is 189 Å². The minimum Gasteiger partial charge on any atom is -0.492 e. The molecule has 4 aliphatic rings. The lowest BCUT2D eigenvalue weighted by Gasteiger charge is -2.35. The van der Waals surface area contributed by atoms with Gasteiger partial charge in [-0.3, -0.25) is 9.59 Å². The van der Waals surface area contributed by atoms with Gasteiger partial charge in [-0.1, -0.05) is 34.1 Å². The summed E-state index contributed by atoms with van der Waals surface area (Å²) in [6.45, 7) is 12.7. The number of hydrogen-bond donors (Lipinski definition) is 4. The summed E-state index contributed by atoms with van der Waals surface area (Å²) in [5.41, 5.74) is -1.58. The van der Waals surface area contributed by atoms with Gasteiger partial charge >= 0.3 is 12.1 Å². The van der Waals surface area contributed by atoms with Gasteiger partial charge in [0.25, 0.3) is 0 Å². The van der Waals surface area contributed by atoms with E-state index in [9.17, 15) is 24.3 Å². The molecule has 3 heterocycles. The maximum absolute atomic E-state index is 14.7. The number of nitrogens with one attached hydrogen (secondary N) is 3. The standard InChI is InChI=1S/C43H60N8O8/c1-9-27-22-43(27,40(54)55)47-38(52)33-20-30(23-50(33)39(53)37(42(4,5)6)46-41(56)59-29-17-25-16-26(25)18-29)58-34-21-36(51-13-12-35(48-51)44-24(2)3)45-32-19-28(10-11-31(32)34)57-15-14-49(7)8/h10-13,19,21,24-27,29-30,33,37H,9,14-18,20,22-23H2,1-8H3,(H,44,48)(H,46,56)(H,47,52)(H,54,55)/t25?,26?,27?,29?,30-,33?,37+,43+/m0/s1. The van der Waals surface area contributed by atoms with Gasteiger partial charge in [-0.05, 0) is 88.9 Å². The third-order valence-electron chi connectivity index (χ3n) is 12.1. The van der Waals surface area contributed by atoms with Crippen LogP contribution in [0.25, 0.3) is 16.7 Å². The van der Waals surface area contributed by atoms with Gasteiger partial charge in [0.1, 0.15) is 53.8 Å². The van der Waals surface area contributed by atoms with E-state index in [4.69, 9.17) is 19.2 Å². The van der Waals surface area contributed by atoms with Gasteiger partial charge in [-0.15, -0.1) is 5.10 Å². The molecule has 1 saturated heterocycles. The van der Waals surface area contributed by atoms with Gasteiger partial charge in [-0.2, -0.15) is 0 Å². The fourth-order valence-electron chi connectivity index (χ4n) is 8.66. The number of carbonyl (C=O) groups is 4. The predicted molar refractivity (Wildman–Crippen MR) is 221 cm³/mol. The fourth-order valence-corrected chi connectivity index (χ4v) is 8.66. The lowest BCUT2D eigenvalue weighted by Crippen LogP contribution is -2.59. The molecule has 1 aliphatic heterocycles. The summed E-state index contributed by atoms with van der Waals surface area (Å²) in [5, 5.41) is 24.5. The monoisotopic (exact) mass is 816 g/mol. The van der Waals surface area contributed by atoms with E-state index in [1.54, 1.807) is 16.9 Å². The van der Waals surface area contributed by atoms with Gasteiger partial charge in [0.2, 0.25) is 11.8 Å². The molecule has 0 spiro atoms. The Kier molecular flexibility index (Phi) is 11.8. The third-order valence-corrected chi connectivity index (χ3v) is 12.1. The summed E-state index contributed by atoms with van der Waals surface area (Å²) in [5.74, 6) is 1.07. The number of likely N-dealkylation sites (tertiary alicyclic amines) is 1. The minimum atomic E-state index is -1.40. The van der Waals surface area contributed by atoms with Crippen LogP contribution in [0.3, 0.4) is 0 Å². The number of benzene rings is 1. The molecule has 0 radical (unpaired) electrons. The number of hydrogen-bond acceptors (Lipinski definition) is 11. The second-order valence-corrected chi connectivity index (χ2v) is 18.5. The molecule has 7 atom stereocenters. The zero-order valence-corrected chi connectivity index (χ0v) is 35.5. The number of aromatic nitrogens is 3. The predicted octanol–water partition coefficient (Wildman–Crippen LogP) is 4.84. The van der Waals surface area contributed by atoms with E-state index in [-0.39, 0.29) is 31.0 Å². The van der Waals surface area contributed by atoms with Gasteiger partial charge in [0, 0.05) is 48.8 Å². The summed E-state index contributed by atoms with van der Waals surface area (Å²) >= 11 is 0. The molecule has 4 fully saturated rings. The highest BCUT2D eigenvalue weighted by Crippen LogP contribution is 2.52. The van der Waals surface area contributed by atoms with Crippen LogP contribution in [0, 0.1) is 23.2 Å². The molecule has 4 N–H and O–H groups in total. The van der Waals surface area contributed by atoms with Crippen molar-refractivity contribution in [2.45, 2.75) is 116 Å². The Morgan fingerprint density at radius 2 is 1.78 bits per heavy atom. The van der Waals surface area contributed by atoms with Crippen molar-refractivity contribution in [3.05, 3.63) is 36.5 Å². The summed E-state index contributed by atoms with van der Waals surface area (Å²) < 4.78 is 20.2. The fraction of sp³-hybridized carbons (Fsp3) is 0.628. The number of fused-ring (bicyclic) bond motifs is 2. The van der Waals surface area contributed by atoms with Crippen molar-refractivity contribution < 1.29 is 38.5 Å². The highest BCUT2D eigenvalue weighted by molar-refractivity contribution is 5.96. The van der Waals surface area contributed by atoms with Crippen LogP contribution in [-0.4, -0.2) is 123 Å². The van der Waals surface area contributed by atoms with Crippen LogP contribution in [0.15, 0.2) is 36.5 Å². The number of alkyl carbamates (subject to hydrolysis) is 1. The summed E-state index contributed by atoms with van der Waals surface area (Å²) in [7, 11) is 3.95. The maximum Gasteiger partial charge on any atom is 0.408 e. The van der Waals surface area contributed by atoms with Crippen LogP contribution in [0.4, 0.5) is 10.6 Å². The largest absolute Gasteiger partial charge is 0.492 e. The van der Waals surface area contributed by atoms with Crippen molar-refractivity contribution in [3.8, 4) is 17.3 Å². The average Bonchev–Trinajstić information content (AvgIpc) is 3.83. The van der Waals surface area contributed by atoms with Crippen LogP contribution in [-0.2, 0) is 19.1 Å². The lowest BCUT2D eigenvalue weighted by molar-refractivity contribution is -0.146. The Morgan fingerprint density at radius 3 is 2.42 bits per heavy atom. The van der Waals surface area contributed by atoms with E-state index in [1.807, 2.05) is 84.8 Å². The number of carbonyl (C=O) groups excluding carboxylic acids is 3. The Bertz CT molecular complexity index is 2050. The van der Waals surface area contributed by atoms with E-state index in [1.165, 1.54) is 11.3 Å². The van der Waals surface area contributed by atoms with Crippen molar-refractivity contribution in [2.75, 3.05) is 39.1 Å². The van der Waals surface area contributed by atoms with E-state index in [0.29, 0.717) is 65.3 Å². The zero-order chi connectivity index (χ0) is 42.4. The van der Waals surface area contributed by atoms with Crippen molar-refractivity contribution in [3.63, 3.8) is 0 Å². The molecule has 320 valence electrons. The van der Waals surface area contributed by atoms with E-state index in [0.717, 1.165) is 19.4 Å². The second kappa shape index (κ2) is 16.5. The van der Waals surface area contributed by atoms with E-state index in [2.05, 4.69) is 21.0 Å². The number of likely N-dealkylation sites (N-methyl/N-ethyl adjacent to an activating group) is 1. The number of rotatable bonds is 16. The van der Waals surface area contributed by atoms with Crippen LogP contribution < -0.4 is 25.4 Å². The van der Waals surface area contributed by atoms with Crippen LogP contribution in [0.2, 0.25) is 0 Å². The van der Waals surface area contributed by atoms with Crippen LogP contribution in [0.5, 0.6) is 11.5 Å². The Hall–Kier alpha value is -5.12. The normalized spacial score (nSPS) is 26.4. The second-order valence-electron chi connectivity index (χ2n) is 18.5. The quantitative estimate of drug-likeness (QED) is 0.154. The highest BCUT2D eigenvalue weighted by atomic mass is 16.6. The number of nitrogens with zero attached hydrogens (tertiary/aromatic N) is 5. The Labute approximate surface area is 345 Å². The first-order valence-corrected chi connectivity index (χ1v) is 21.0. The van der Waals surface area contributed by atoms with Crippen molar-refractivity contribution in [1.29, 1.82) is 0 Å². The molecular weight excluding hydrogens is 757 g/mol. The van der Waals surface area contributed by atoms with Gasteiger partial charge in [0.15, 0.2) is 5.82 Å². The molecule has 59 heavy (non-hydrogen) atoms. The molecule has 4 unspecified atom stereocenters. The molecular formula is C43H60N8O8. The Balaban J connectivity index is 1.19. The van der Waals surface area contributed by atoms with E-state index >= 15 is 0 Å². The molecule has 2 aromatic heterocycles. The number of aliphatic carboxylic acids is 1. The van der Waals surface area contributed by atoms with E-state index < -0.39 is 53.0 Å². The Morgan fingerprint density at radius 1 is 1.03 bits per heavy atom. The summed E-state index contributed by atoms with van der Waals surface area (Å²) in [6.07, 6.45) is 4.05. The zero-order valence-electron chi connectivity index (χ0n) is 35.5. The number of pyridine rings is 1. The first-order chi connectivity index (χ1) is 27.9. The van der Waals surface area contributed by atoms with Crippen molar-refractivity contribution >= 4 is 40.6 Å². The molecule has 16 heteroatoms. The number of ether oxygens (including phenoxy) is 3. The lowest BCUT2D eigenvalue weighted by atomic mass is 9.85. The van der Waals surface area contributed by atoms with Gasteiger partial charge < -0.3 is 45.1 Å².